The highest BCUT2D eigenvalue weighted by atomic mass is 15.0. The second kappa shape index (κ2) is 4.62. The van der Waals surface area contributed by atoms with Crippen LogP contribution in [0.25, 0.3) is 0 Å². The highest BCUT2D eigenvalue weighted by molar-refractivity contribution is 5.07. The lowest BCUT2D eigenvalue weighted by atomic mass is 10.2. The standard InChI is InChI=1S/C11H19N3/c1-9(11-5-3-7-13-11)14-8-10-4-2-6-12-10/h3,5,7,9-10,12-14H,2,4,6,8H2,1H3/t9-,10-/m0/s1. The largest absolute Gasteiger partial charge is 0.364 e. The van der Waals surface area contributed by atoms with Crippen LogP contribution in [0.5, 0.6) is 0 Å². The van der Waals surface area contributed by atoms with E-state index in [1.54, 1.807) is 0 Å². The molecule has 1 aromatic rings. The Morgan fingerprint density at radius 3 is 3.21 bits per heavy atom. The molecule has 1 aliphatic rings. The van der Waals surface area contributed by atoms with Gasteiger partial charge in [-0.25, -0.2) is 0 Å². The van der Waals surface area contributed by atoms with Gasteiger partial charge in [-0.15, -0.1) is 0 Å². The van der Waals surface area contributed by atoms with Crippen LogP contribution in [-0.2, 0) is 0 Å². The van der Waals surface area contributed by atoms with Crippen molar-refractivity contribution in [1.29, 1.82) is 0 Å². The zero-order chi connectivity index (χ0) is 9.80. The molecular weight excluding hydrogens is 174 g/mol. The third-order valence-corrected chi connectivity index (χ3v) is 2.92. The van der Waals surface area contributed by atoms with E-state index in [0.29, 0.717) is 12.1 Å². The van der Waals surface area contributed by atoms with Crippen LogP contribution in [0, 0.1) is 0 Å². The van der Waals surface area contributed by atoms with Crippen LogP contribution in [0.2, 0.25) is 0 Å². The molecule has 0 spiro atoms. The summed E-state index contributed by atoms with van der Waals surface area (Å²) < 4.78 is 0. The van der Waals surface area contributed by atoms with Crippen molar-refractivity contribution >= 4 is 0 Å². The molecule has 2 atom stereocenters. The van der Waals surface area contributed by atoms with E-state index in [2.05, 4.69) is 28.6 Å². The summed E-state index contributed by atoms with van der Waals surface area (Å²) in [5.41, 5.74) is 1.27. The normalized spacial score (nSPS) is 23.9. The summed E-state index contributed by atoms with van der Waals surface area (Å²) in [4.78, 5) is 3.23. The average molecular weight is 193 g/mol. The zero-order valence-electron chi connectivity index (χ0n) is 8.72. The summed E-state index contributed by atoms with van der Waals surface area (Å²) in [7, 11) is 0. The Balaban J connectivity index is 1.74. The minimum atomic E-state index is 0.424. The van der Waals surface area contributed by atoms with Crippen molar-refractivity contribution in [2.24, 2.45) is 0 Å². The van der Waals surface area contributed by atoms with Crippen molar-refractivity contribution in [3.63, 3.8) is 0 Å². The maximum absolute atomic E-state index is 3.53. The lowest BCUT2D eigenvalue weighted by Gasteiger charge is -2.16. The van der Waals surface area contributed by atoms with Gasteiger partial charge in [0.25, 0.3) is 0 Å². The predicted molar refractivity (Wildman–Crippen MR) is 58.2 cm³/mol. The molecule has 3 nitrogen and oxygen atoms in total. The van der Waals surface area contributed by atoms with Gasteiger partial charge < -0.3 is 15.6 Å². The molecule has 1 aliphatic heterocycles. The van der Waals surface area contributed by atoms with Crippen molar-refractivity contribution in [3.8, 4) is 0 Å². The minimum Gasteiger partial charge on any atom is -0.364 e. The highest BCUT2D eigenvalue weighted by Gasteiger charge is 2.14. The molecule has 78 valence electrons. The number of H-pyrrole nitrogens is 1. The van der Waals surface area contributed by atoms with Crippen LogP contribution in [0.4, 0.5) is 0 Å². The molecule has 0 amide bonds. The van der Waals surface area contributed by atoms with E-state index in [1.807, 2.05) is 12.3 Å². The van der Waals surface area contributed by atoms with Crippen LogP contribution in [0.15, 0.2) is 18.3 Å². The average Bonchev–Trinajstić information content (AvgIpc) is 2.87. The number of aromatic nitrogens is 1. The summed E-state index contributed by atoms with van der Waals surface area (Å²) in [5, 5.41) is 7.02. The predicted octanol–water partition coefficient (Wildman–Crippen LogP) is 1.42. The van der Waals surface area contributed by atoms with Gasteiger partial charge in [0.15, 0.2) is 0 Å². The first-order valence-electron chi connectivity index (χ1n) is 5.46. The van der Waals surface area contributed by atoms with Gasteiger partial charge >= 0.3 is 0 Å². The summed E-state index contributed by atoms with van der Waals surface area (Å²) in [5.74, 6) is 0. The maximum atomic E-state index is 3.53. The van der Waals surface area contributed by atoms with Crippen LogP contribution in [-0.4, -0.2) is 24.1 Å². The van der Waals surface area contributed by atoms with Crippen LogP contribution < -0.4 is 10.6 Å². The first-order chi connectivity index (χ1) is 6.86. The molecule has 0 bridgehead atoms. The van der Waals surface area contributed by atoms with E-state index in [9.17, 15) is 0 Å². The first kappa shape index (κ1) is 9.74. The Bertz CT molecular complexity index is 250. The fourth-order valence-electron chi connectivity index (χ4n) is 1.97. The second-order valence-electron chi connectivity index (χ2n) is 4.05. The third-order valence-electron chi connectivity index (χ3n) is 2.92. The molecule has 3 heteroatoms. The van der Waals surface area contributed by atoms with Gasteiger partial charge in [0.2, 0.25) is 0 Å². The molecule has 0 saturated carbocycles. The van der Waals surface area contributed by atoms with Gasteiger partial charge in [0, 0.05) is 30.5 Å². The Labute approximate surface area is 85.3 Å². The van der Waals surface area contributed by atoms with Crippen molar-refractivity contribution in [3.05, 3.63) is 24.0 Å². The van der Waals surface area contributed by atoms with E-state index in [-0.39, 0.29) is 0 Å². The molecule has 1 aromatic heterocycles. The molecule has 2 rings (SSSR count). The fourth-order valence-corrected chi connectivity index (χ4v) is 1.97. The van der Waals surface area contributed by atoms with E-state index in [0.717, 1.165) is 6.54 Å². The quantitative estimate of drug-likeness (QED) is 0.676. The number of rotatable bonds is 4. The van der Waals surface area contributed by atoms with Gasteiger partial charge in [-0.3, -0.25) is 0 Å². The van der Waals surface area contributed by atoms with Crippen molar-refractivity contribution in [2.75, 3.05) is 13.1 Å². The Kier molecular flexibility index (Phi) is 3.22. The molecule has 2 heterocycles. The Morgan fingerprint density at radius 2 is 2.57 bits per heavy atom. The van der Waals surface area contributed by atoms with Crippen LogP contribution in [0.1, 0.15) is 31.5 Å². The molecule has 3 N–H and O–H groups in total. The van der Waals surface area contributed by atoms with Gasteiger partial charge in [0.1, 0.15) is 0 Å². The van der Waals surface area contributed by atoms with Crippen molar-refractivity contribution < 1.29 is 0 Å². The molecule has 0 aromatic carbocycles. The maximum Gasteiger partial charge on any atom is 0.0444 e. The number of aromatic amines is 1. The first-order valence-corrected chi connectivity index (χ1v) is 5.46. The number of hydrogen-bond donors (Lipinski definition) is 3. The summed E-state index contributed by atoms with van der Waals surface area (Å²) in [6.07, 6.45) is 4.61. The van der Waals surface area contributed by atoms with Gasteiger partial charge in [-0.05, 0) is 38.4 Å². The van der Waals surface area contributed by atoms with Crippen LogP contribution >= 0.6 is 0 Å². The number of nitrogens with one attached hydrogen (secondary N) is 3. The fraction of sp³-hybridized carbons (Fsp3) is 0.636. The lowest BCUT2D eigenvalue weighted by Crippen LogP contribution is -2.35. The Morgan fingerprint density at radius 1 is 1.64 bits per heavy atom. The summed E-state index contributed by atoms with van der Waals surface area (Å²) >= 11 is 0. The summed E-state index contributed by atoms with van der Waals surface area (Å²) in [6, 6.07) is 5.26. The molecule has 0 unspecified atom stereocenters. The molecule has 0 aliphatic carbocycles. The topological polar surface area (TPSA) is 39.8 Å². The minimum absolute atomic E-state index is 0.424. The molecule has 1 fully saturated rings. The van der Waals surface area contributed by atoms with E-state index in [1.165, 1.54) is 25.1 Å². The second-order valence-corrected chi connectivity index (χ2v) is 4.05. The molecule has 0 radical (unpaired) electrons. The summed E-state index contributed by atoms with van der Waals surface area (Å²) in [6.45, 7) is 4.45. The Hall–Kier alpha value is -0.800. The lowest BCUT2D eigenvalue weighted by molar-refractivity contribution is 0.485. The van der Waals surface area contributed by atoms with Crippen molar-refractivity contribution in [1.82, 2.24) is 15.6 Å². The third kappa shape index (κ3) is 2.36. The molecule has 14 heavy (non-hydrogen) atoms. The number of hydrogen-bond acceptors (Lipinski definition) is 2. The van der Waals surface area contributed by atoms with E-state index < -0.39 is 0 Å². The smallest absolute Gasteiger partial charge is 0.0444 e. The zero-order valence-corrected chi connectivity index (χ0v) is 8.72. The van der Waals surface area contributed by atoms with E-state index in [4.69, 9.17) is 0 Å². The van der Waals surface area contributed by atoms with Crippen molar-refractivity contribution in [2.45, 2.75) is 31.8 Å². The molecular formula is C11H19N3. The van der Waals surface area contributed by atoms with Gasteiger partial charge in [-0.1, -0.05) is 0 Å². The monoisotopic (exact) mass is 193 g/mol. The van der Waals surface area contributed by atoms with Crippen LogP contribution in [0.3, 0.4) is 0 Å². The SMILES string of the molecule is C[C@H](NC[C@@H]1CCCN1)c1ccc[nH]1. The van der Waals surface area contributed by atoms with Gasteiger partial charge in [0.05, 0.1) is 0 Å². The van der Waals surface area contributed by atoms with Gasteiger partial charge in [-0.2, -0.15) is 0 Å². The van der Waals surface area contributed by atoms with E-state index >= 15 is 0 Å². The molecule has 1 saturated heterocycles. The highest BCUT2D eigenvalue weighted by Crippen LogP contribution is 2.10.